The van der Waals surface area contributed by atoms with Gasteiger partial charge in [-0.05, 0) is 90.5 Å². The van der Waals surface area contributed by atoms with E-state index in [1.165, 1.54) is 40.8 Å². The highest BCUT2D eigenvalue weighted by Crippen LogP contribution is 2.29. The van der Waals surface area contributed by atoms with Crippen molar-refractivity contribution in [3.63, 3.8) is 0 Å². The van der Waals surface area contributed by atoms with Crippen molar-refractivity contribution in [1.29, 1.82) is 0 Å². The summed E-state index contributed by atoms with van der Waals surface area (Å²) in [7, 11) is 0. The van der Waals surface area contributed by atoms with Crippen LogP contribution >= 0.6 is 34.8 Å². The molecule has 0 amide bonds. The van der Waals surface area contributed by atoms with Crippen LogP contribution in [0.5, 0.6) is 0 Å². The van der Waals surface area contributed by atoms with E-state index in [0.29, 0.717) is 11.2 Å². The minimum atomic E-state index is 0.306. The van der Waals surface area contributed by atoms with E-state index in [-0.39, 0.29) is 0 Å². The minimum Gasteiger partial charge on any atom is -0.376 e. The molecule has 31 heavy (non-hydrogen) atoms. The van der Waals surface area contributed by atoms with Gasteiger partial charge in [-0.25, -0.2) is 0 Å². The van der Waals surface area contributed by atoms with E-state index >= 15 is 0 Å². The molecule has 7 heteroatoms. The van der Waals surface area contributed by atoms with E-state index in [4.69, 9.17) is 18.0 Å². The standard InChI is InChI=1S/C24H32IN5S/c1-18(22-4-2-3-5-23(22)25)28-12-10-21(11-13-28)30-16-14-29(15-17-30)20-8-6-19(7-9-20)27-24(26)31/h2-9,18,21H,10-17H2,1H3,(H3,26,27,31). The molecule has 2 aromatic carbocycles. The number of anilines is 2. The molecule has 2 aliphatic heterocycles. The number of nitrogens with two attached hydrogens (primary N) is 1. The Morgan fingerprint density at radius 2 is 1.65 bits per heavy atom. The van der Waals surface area contributed by atoms with Gasteiger partial charge in [0.15, 0.2) is 5.11 Å². The van der Waals surface area contributed by atoms with Gasteiger partial charge >= 0.3 is 0 Å². The lowest BCUT2D eigenvalue weighted by Gasteiger charge is -2.44. The van der Waals surface area contributed by atoms with Crippen LogP contribution in [0.3, 0.4) is 0 Å². The number of halogens is 1. The summed E-state index contributed by atoms with van der Waals surface area (Å²) in [5.74, 6) is 0. The Balaban J connectivity index is 1.26. The second-order valence-electron chi connectivity index (χ2n) is 8.52. The Labute approximate surface area is 205 Å². The largest absolute Gasteiger partial charge is 0.376 e. The van der Waals surface area contributed by atoms with Crippen molar-refractivity contribution < 1.29 is 0 Å². The number of rotatable bonds is 5. The smallest absolute Gasteiger partial charge is 0.168 e. The second kappa shape index (κ2) is 10.5. The lowest BCUT2D eigenvalue weighted by Crippen LogP contribution is -2.53. The van der Waals surface area contributed by atoms with Gasteiger partial charge in [-0.3, -0.25) is 9.80 Å². The third-order valence-electron chi connectivity index (χ3n) is 6.73. The first-order chi connectivity index (χ1) is 15.0. The molecule has 0 spiro atoms. The maximum Gasteiger partial charge on any atom is 0.168 e. The van der Waals surface area contributed by atoms with Crippen LogP contribution in [-0.4, -0.2) is 60.2 Å². The predicted octanol–water partition coefficient (Wildman–Crippen LogP) is 4.29. The van der Waals surface area contributed by atoms with Gasteiger partial charge in [-0.1, -0.05) is 18.2 Å². The van der Waals surface area contributed by atoms with Crippen molar-refractivity contribution in [3.8, 4) is 0 Å². The summed E-state index contributed by atoms with van der Waals surface area (Å²) < 4.78 is 1.38. The van der Waals surface area contributed by atoms with Crippen molar-refractivity contribution >= 4 is 51.3 Å². The van der Waals surface area contributed by atoms with Crippen LogP contribution < -0.4 is 16.0 Å². The molecular weight excluding hydrogens is 517 g/mol. The van der Waals surface area contributed by atoms with E-state index < -0.39 is 0 Å². The molecule has 2 aromatic rings. The molecule has 2 heterocycles. The monoisotopic (exact) mass is 549 g/mol. The van der Waals surface area contributed by atoms with Gasteiger partial charge in [0.05, 0.1) is 0 Å². The van der Waals surface area contributed by atoms with Crippen molar-refractivity contribution in [2.75, 3.05) is 49.5 Å². The van der Waals surface area contributed by atoms with E-state index in [1.54, 1.807) is 0 Å². The quantitative estimate of drug-likeness (QED) is 0.429. The molecule has 0 saturated carbocycles. The van der Waals surface area contributed by atoms with Crippen LogP contribution in [0.15, 0.2) is 48.5 Å². The normalized spacial score (nSPS) is 19.9. The first-order valence-electron chi connectivity index (χ1n) is 11.2. The molecule has 0 aliphatic carbocycles. The summed E-state index contributed by atoms with van der Waals surface area (Å²) in [4.78, 5) is 7.86. The van der Waals surface area contributed by atoms with Gasteiger partial charge < -0.3 is 16.0 Å². The summed E-state index contributed by atoms with van der Waals surface area (Å²) in [5, 5.41) is 3.29. The maximum atomic E-state index is 5.55. The summed E-state index contributed by atoms with van der Waals surface area (Å²) in [5.41, 5.74) is 9.23. The number of nitrogens with one attached hydrogen (secondary N) is 1. The van der Waals surface area contributed by atoms with Crippen molar-refractivity contribution in [1.82, 2.24) is 9.80 Å². The molecule has 5 nitrogen and oxygen atoms in total. The van der Waals surface area contributed by atoms with E-state index in [1.807, 2.05) is 12.1 Å². The molecule has 2 saturated heterocycles. The summed E-state index contributed by atoms with van der Waals surface area (Å²) in [6.45, 7) is 9.19. The lowest BCUT2D eigenvalue weighted by atomic mass is 9.98. The molecule has 0 aromatic heterocycles. The second-order valence-corrected chi connectivity index (χ2v) is 10.1. The topological polar surface area (TPSA) is 47.8 Å². The number of piperazine rings is 1. The van der Waals surface area contributed by atoms with Crippen LogP contribution in [-0.2, 0) is 0 Å². The zero-order chi connectivity index (χ0) is 21.8. The van der Waals surface area contributed by atoms with Gasteiger partial charge in [0, 0.05) is 66.3 Å². The zero-order valence-corrected chi connectivity index (χ0v) is 21.1. The average molecular weight is 550 g/mol. The van der Waals surface area contributed by atoms with Crippen LogP contribution in [0, 0.1) is 3.57 Å². The van der Waals surface area contributed by atoms with Crippen LogP contribution in [0.25, 0.3) is 0 Å². The lowest BCUT2D eigenvalue weighted by molar-refractivity contribution is 0.0838. The highest BCUT2D eigenvalue weighted by atomic mass is 127. The van der Waals surface area contributed by atoms with Crippen molar-refractivity contribution in [3.05, 3.63) is 57.7 Å². The van der Waals surface area contributed by atoms with Crippen molar-refractivity contribution in [2.24, 2.45) is 5.73 Å². The first-order valence-corrected chi connectivity index (χ1v) is 12.6. The molecule has 3 N–H and O–H groups in total. The molecule has 1 atom stereocenters. The molecule has 2 aliphatic rings. The number of nitrogens with zero attached hydrogens (tertiary/aromatic N) is 3. The maximum absolute atomic E-state index is 5.55. The van der Waals surface area contributed by atoms with Gasteiger partial charge in [-0.2, -0.15) is 0 Å². The SMILES string of the molecule is CC(c1ccccc1I)N1CCC(N2CCN(c3ccc(NC(N)=S)cc3)CC2)CC1. The fourth-order valence-electron chi connectivity index (χ4n) is 4.89. The molecule has 1 unspecified atom stereocenters. The van der Waals surface area contributed by atoms with Gasteiger partial charge in [-0.15, -0.1) is 0 Å². The van der Waals surface area contributed by atoms with Gasteiger partial charge in [0.25, 0.3) is 0 Å². The Morgan fingerprint density at radius 1 is 1.00 bits per heavy atom. The van der Waals surface area contributed by atoms with E-state index in [2.05, 4.69) is 85.9 Å². The summed E-state index contributed by atoms with van der Waals surface area (Å²) in [6.07, 6.45) is 2.54. The summed E-state index contributed by atoms with van der Waals surface area (Å²) in [6, 6.07) is 18.4. The molecule has 0 bridgehead atoms. The Bertz CT molecular complexity index is 874. The van der Waals surface area contributed by atoms with Crippen LogP contribution in [0.1, 0.15) is 31.4 Å². The number of likely N-dealkylation sites (tertiary alicyclic amines) is 1. The molecular formula is C24H32IN5S. The summed E-state index contributed by atoms with van der Waals surface area (Å²) >= 11 is 7.38. The van der Waals surface area contributed by atoms with Crippen LogP contribution in [0.4, 0.5) is 11.4 Å². The minimum absolute atomic E-state index is 0.306. The fourth-order valence-corrected chi connectivity index (χ4v) is 5.85. The first kappa shape index (κ1) is 22.8. The predicted molar refractivity (Wildman–Crippen MR) is 143 cm³/mol. The molecule has 166 valence electrons. The van der Waals surface area contributed by atoms with E-state index in [9.17, 15) is 0 Å². The number of thiocarbonyl (C=S) groups is 1. The van der Waals surface area contributed by atoms with Gasteiger partial charge in [0.2, 0.25) is 0 Å². The Hall–Kier alpha value is -1.42. The van der Waals surface area contributed by atoms with Crippen molar-refractivity contribution in [2.45, 2.75) is 31.8 Å². The third-order valence-corrected chi connectivity index (χ3v) is 7.82. The molecule has 0 radical (unpaired) electrons. The Kier molecular flexibility index (Phi) is 7.68. The average Bonchev–Trinajstić information content (AvgIpc) is 2.79. The number of piperidine rings is 1. The highest BCUT2D eigenvalue weighted by molar-refractivity contribution is 14.1. The third kappa shape index (κ3) is 5.69. The number of benzene rings is 2. The zero-order valence-electron chi connectivity index (χ0n) is 18.1. The number of hydrogen-bond donors (Lipinski definition) is 2. The highest BCUT2D eigenvalue weighted by Gasteiger charge is 2.29. The number of hydrogen-bond acceptors (Lipinski definition) is 4. The van der Waals surface area contributed by atoms with E-state index in [0.717, 1.165) is 37.9 Å². The fraction of sp³-hybridized carbons (Fsp3) is 0.458. The van der Waals surface area contributed by atoms with Crippen LogP contribution in [0.2, 0.25) is 0 Å². The molecule has 2 fully saturated rings. The van der Waals surface area contributed by atoms with Gasteiger partial charge in [0.1, 0.15) is 0 Å². The Morgan fingerprint density at radius 3 is 2.26 bits per heavy atom. The molecule has 4 rings (SSSR count).